The molecule has 1 aromatic carbocycles. The second-order valence-corrected chi connectivity index (χ2v) is 4.10. The van der Waals surface area contributed by atoms with Crippen molar-refractivity contribution >= 4 is 5.69 Å². The van der Waals surface area contributed by atoms with Gasteiger partial charge in [-0.05, 0) is 23.8 Å². The van der Waals surface area contributed by atoms with E-state index in [1.54, 1.807) is 12.5 Å². The van der Waals surface area contributed by atoms with Crippen LogP contribution >= 0.6 is 0 Å². The lowest BCUT2D eigenvalue weighted by Crippen LogP contribution is -2.02. The maximum atomic E-state index is 5.91. The van der Waals surface area contributed by atoms with Crippen LogP contribution in [0.3, 0.4) is 0 Å². The maximum absolute atomic E-state index is 5.91. The van der Waals surface area contributed by atoms with E-state index >= 15 is 0 Å². The molecule has 0 saturated heterocycles. The first-order chi connectivity index (χ1) is 8.83. The lowest BCUT2D eigenvalue weighted by molar-refractivity contribution is 0.582. The molecule has 0 atom stereocenters. The van der Waals surface area contributed by atoms with Crippen molar-refractivity contribution in [3.8, 4) is 11.3 Å². The van der Waals surface area contributed by atoms with E-state index in [1.165, 1.54) is 0 Å². The second-order valence-electron chi connectivity index (χ2n) is 4.10. The van der Waals surface area contributed by atoms with Crippen molar-refractivity contribution in [3.05, 3.63) is 60.6 Å². The summed E-state index contributed by atoms with van der Waals surface area (Å²) in [4.78, 5) is 0. The van der Waals surface area contributed by atoms with Gasteiger partial charge in [-0.15, -0.1) is 0 Å². The van der Waals surface area contributed by atoms with Gasteiger partial charge in [0.05, 0.1) is 24.6 Å². The molecule has 0 aliphatic rings. The van der Waals surface area contributed by atoms with Gasteiger partial charge >= 0.3 is 0 Å². The van der Waals surface area contributed by atoms with Crippen LogP contribution in [0.15, 0.2) is 59.5 Å². The topological polar surface area (TPSA) is 57.0 Å². The molecule has 2 N–H and O–H groups in total. The standard InChI is InChI=1S/C14H13N3O/c15-13-5-2-1-4-11(13)9-17-10-12(8-16-17)14-6-3-7-18-14/h1-8,10H,9,15H2. The second kappa shape index (κ2) is 4.41. The van der Waals surface area contributed by atoms with Gasteiger partial charge in [-0.3, -0.25) is 4.68 Å². The van der Waals surface area contributed by atoms with E-state index in [1.807, 2.05) is 47.3 Å². The van der Waals surface area contributed by atoms with E-state index < -0.39 is 0 Å². The van der Waals surface area contributed by atoms with Gasteiger partial charge in [-0.1, -0.05) is 18.2 Å². The first-order valence-corrected chi connectivity index (χ1v) is 5.72. The molecule has 0 aliphatic carbocycles. The van der Waals surface area contributed by atoms with Crippen LogP contribution in [-0.2, 0) is 6.54 Å². The molecule has 90 valence electrons. The van der Waals surface area contributed by atoms with Crippen molar-refractivity contribution < 1.29 is 4.42 Å². The molecule has 0 amide bonds. The quantitative estimate of drug-likeness (QED) is 0.715. The minimum atomic E-state index is 0.660. The Morgan fingerprint density at radius 3 is 2.83 bits per heavy atom. The number of nitrogens with two attached hydrogens (primary N) is 1. The smallest absolute Gasteiger partial charge is 0.137 e. The molecule has 18 heavy (non-hydrogen) atoms. The molecule has 0 radical (unpaired) electrons. The molecule has 3 rings (SSSR count). The fraction of sp³-hybridized carbons (Fsp3) is 0.0714. The monoisotopic (exact) mass is 239 g/mol. The van der Waals surface area contributed by atoms with Crippen molar-refractivity contribution in [1.82, 2.24) is 9.78 Å². The zero-order chi connectivity index (χ0) is 12.4. The van der Waals surface area contributed by atoms with E-state index in [0.717, 1.165) is 22.6 Å². The number of para-hydroxylation sites is 1. The Kier molecular flexibility index (Phi) is 2.61. The summed E-state index contributed by atoms with van der Waals surface area (Å²) in [5.41, 5.74) is 8.72. The molecular formula is C14H13N3O. The molecule has 0 spiro atoms. The molecule has 3 aromatic rings. The third-order valence-corrected chi connectivity index (χ3v) is 2.83. The lowest BCUT2D eigenvalue weighted by Gasteiger charge is -2.04. The van der Waals surface area contributed by atoms with Gasteiger partial charge in [0.25, 0.3) is 0 Å². The predicted molar refractivity (Wildman–Crippen MR) is 69.9 cm³/mol. The van der Waals surface area contributed by atoms with Crippen LogP contribution in [0.5, 0.6) is 0 Å². The Balaban J connectivity index is 1.85. The van der Waals surface area contributed by atoms with Crippen LogP contribution < -0.4 is 5.73 Å². The van der Waals surface area contributed by atoms with Crippen LogP contribution in [0.25, 0.3) is 11.3 Å². The number of rotatable bonds is 3. The summed E-state index contributed by atoms with van der Waals surface area (Å²) in [7, 11) is 0. The molecule has 0 aliphatic heterocycles. The molecular weight excluding hydrogens is 226 g/mol. The van der Waals surface area contributed by atoms with Crippen molar-refractivity contribution in [2.24, 2.45) is 0 Å². The van der Waals surface area contributed by atoms with Gasteiger partial charge in [0, 0.05) is 11.9 Å². The highest BCUT2D eigenvalue weighted by atomic mass is 16.3. The van der Waals surface area contributed by atoms with Crippen molar-refractivity contribution in [2.45, 2.75) is 6.54 Å². The van der Waals surface area contributed by atoms with Gasteiger partial charge in [0.1, 0.15) is 5.76 Å². The lowest BCUT2D eigenvalue weighted by atomic mass is 10.2. The molecule has 4 nitrogen and oxygen atoms in total. The highest BCUT2D eigenvalue weighted by molar-refractivity contribution is 5.54. The number of hydrogen-bond donors (Lipinski definition) is 1. The summed E-state index contributed by atoms with van der Waals surface area (Å²) in [6.45, 7) is 0.660. The fourth-order valence-corrected chi connectivity index (χ4v) is 1.87. The average molecular weight is 239 g/mol. The summed E-state index contributed by atoms with van der Waals surface area (Å²) in [6.07, 6.45) is 5.39. The minimum absolute atomic E-state index is 0.660. The van der Waals surface area contributed by atoms with Crippen LogP contribution in [0.2, 0.25) is 0 Å². The van der Waals surface area contributed by atoms with Crippen LogP contribution in [0.4, 0.5) is 5.69 Å². The Morgan fingerprint density at radius 2 is 2.06 bits per heavy atom. The Bertz CT molecular complexity index is 641. The molecule has 0 unspecified atom stereocenters. The fourth-order valence-electron chi connectivity index (χ4n) is 1.87. The van der Waals surface area contributed by atoms with Crippen molar-refractivity contribution in [2.75, 3.05) is 5.73 Å². The molecule has 0 saturated carbocycles. The largest absolute Gasteiger partial charge is 0.464 e. The number of aromatic nitrogens is 2. The molecule has 4 heteroatoms. The van der Waals surface area contributed by atoms with E-state index in [4.69, 9.17) is 10.2 Å². The third-order valence-electron chi connectivity index (χ3n) is 2.83. The minimum Gasteiger partial charge on any atom is -0.464 e. The van der Waals surface area contributed by atoms with Gasteiger partial charge in [-0.2, -0.15) is 5.10 Å². The summed E-state index contributed by atoms with van der Waals surface area (Å²) in [6, 6.07) is 11.6. The molecule has 0 fully saturated rings. The number of hydrogen-bond acceptors (Lipinski definition) is 3. The van der Waals surface area contributed by atoms with Gasteiger partial charge in [0.15, 0.2) is 0 Å². The third kappa shape index (κ3) is 2.00. The number of benzene rings is 1. The number of nitrogen functional groups attached to an aromatic ring is 1. The van der Waals surface area contributed by atoms with Gasteiger partial charge in [0.2, 0.25) is 0 Å². The van der Waals surface area contributed by atoms with Crippen LogP contribution in [-0.4, -0.2) is 9.78 Å². The Morgan fingerprint density at radius 1 is 1.17 bits per heavy atom. The highest BCUT2D eigenvalue weighted by Crippen LogP contribution is 2.19. The SMILES string of the molecule is Nc1ccccc1Cn1cc(-c2ccco2)cn1. The van der Waals surface area contributed by atoms with E-state index in [9.17, 15) is 0 Å². The average Bonchev–Trinajstić information content (AvgIpc) is 3.02. The van der Waals surface area contributed by atoms with E-state index in [0.29, 0.717) is 6.54 Å². The Hall–Kier alpha value is -2.49. The zero-order valence-electron chi connectivity index (χ0n) is 9.78. The van der Waals surface area contributed by atoms with E-state index in [-0.39, 0.29) is 0 Å². The molecule has 2 heterocycles. The number of furan rings is 1. The normalized spacial score (nSPS) is 10.7. The summed E-state index contributed by atoms with van der Waals surface area (Å²) >= 11 is 0. The first kappa shape index (κ1) is 10.7. The van der Waals surface area contributed by atoms with Crippen molar-refractivity contribution in [1.29, 1.82) is 0 Å². The maximum Gasteiger partial charge on any atom is 0.137 e. The van der Waals surface area contributed by atoms with Crippen LogP contribution in [0.1, 0.15) is 5.56 Å². The van der Waals surface area contributed by atoms with Gasteiger partial charge < -0.3 is 10.2 Å². The predicted octanol–water partition coefficient (Wildman–Crippen LogP) is 2.77. The first-order valence-electron chi connectivity index (χ1n) is 5.72. The van der Waals surface area contributed by atoms with Crippen LogP contribution in [0, 0.1) is 0 Å². The zero-order valence-corrected chi connectivity index (χ0v) is 9.78. The molecule has 2 aromatic heterocycles. The molecule has 0 bridgehead atoms. The summed E-state index contributed by atoms with van der Waals surface area (Å²) in [5.74, 6) is 0.822. The van der Waals surface area contributed by atoms with Crippen molar-refractivity contribution in [3.63, 3.8) is 0 Å². The number of nitrogens with zero attached hydrogens (tertiary/aromatic N) is 2. The summed E-state index contributed by atoms with van der Waals surface area (Å²) in [5, 5.41) is 4.31. The highest BCUT2D eigenvalue weighted by Gasteiger charge is 2.05. The Labute approximate surface area is 105 Å². The van der Waals surface area contributed by atoms with Gasteiger partial charge in [-0.25, -0.2) is 0 Å². The summed E-state index contributed by atoms with van der Waals surface area (Å²) < 4.78 is 7.18. The number of anilines is 1. The van der Waals surface area contributed by atoms with E-state index in [2.05, 4.69) is 5.10 Å².